The number of carbonyl (C=O) groups excluding carboxylic acids is 2. The first-order valence-electron chi connectivity index (χ1n) is 8.82. The Kier molecular flexibility index (Phi) is 6.38. The van der Waals surface area contributed by atoms with Gasteiger partial charge in [0, 0.05) is 29.8 Å². The molecule has 0 fully saturated rings. The number of rotatable bonds is 7. The SMILES string of the molecule is CC(C)NC(=O)Nc1ccccc1NC(=O)CCc1nnc(-c2ccsc2)o1. The van der Waals surface area contributed by atoms with Gasteiger partial charge in [0.25, 0.3) is 0 Å². The average Bonchev–Trinajstić information content (AvgIpc) is 3.32. The molecule has 0 aliphatic rings. The molecule has 28 heavy (non-hydrogen) atoms. The minimum absolute atomic E-state index is 0.00938. The van der Waals surface area contributed by atoms with Crippen LogP contribution in [0.2, 0.25) is 0 Å². The van der Waals surface area contributed by atoms with E-state index >= 15 is 0 Å². The summed E-state index contributed by atoms with van der Waals surface area (Å²) in [6.07, 6.45) is 0.504. The van der Waals surface area contributed by atoms with Crippen molar-refractivity contribution in [2.45, 2.75) is 32.7 Å². The molecule has 0 spiro atoms. The number of nitrogens with one attached hydrogen (secondary N) is 3. The summed E-state index contributed by atoms with van der Waals surface area (Å²) < 4.78 is 5.58. The minimum atomic E-state index is -0.330. The molecule has 0 radical (unpaired) electrons. The second-order valence-corrected chi connectivity index (χ2v) is 7.14. The van der Waals surface area contributed by atoms with Gasteiger partial charge in [0.15, 0.2) is 0 Å². The lowest BCUT2D eigenvalue weighted by Gasteiger charge is -2.14. The first-order chi connectivity index (χ1) is 13.5. The summed E-state index contributed by atoms with van der Waals surface area (Å²) in [5.74, 6) is 0.634. The summed E-state index contributed by atoms with van der Waals surface area (Å²) in [7, 11) is 0. The Morgan fingerprint density at radius 2 is 1.86 bits per heavy atom. The topological polar surface area (TPSA) is 109 Å². The molecule has 0 bridgehead atoms. The highest BCUT2D eigenvalue weighted by atomic mass is 32.1. The maximum Gasteiger partial charge on any atom is 0.319 e. The number of amides is 3. The van der Waals surface area contributed by atoms with Gasteiger partial charge in [-0.3, -0.25) is 4.79 Å². The van der Waals surface area contributed by atoms with Crippen LogP contribution in [-0.2, 0) is 11.2 Å². The number of thiophene rings is 1. The summed E-state index contributed by atoms with van der Waals surface area (Å²) in [5, 5.41) is 20.1. The molecule has 3 rings (SSSR count). The van der Waals surface area contributed by atoms with Gasteiger partial charge in [0.2, 0.25) is 17.7 Å². The van der Waals surface area contributed by atoms with Crippen LogP contribution >= 0.6 is 11.3 Å². The van der Waals surface area contributed by atoms with Crippen LogP contribution in [0.5, 0.6) is 0 Å². The van der Waals surface area contributed by atoms with Crippen molar-refractivity contribution in [3.63, 3.8) is 0 Å². The van der Waals surface area contributed by atoms with Gasteiger partial charge >= 0.3 is 6.03 Å². The number of hydrogen-bond acceptors (Lipinski definition) is 6. The van der Waals surface area contributed by atoms with Crippen LogP contribution in [-0.4, -0.2) is 28.2 Å². The van der Waals surface area contributed by atoms with Crippen molar-refractivity contribution < 1.29 is 14.0 Å². The highest BCUT2D eigenvalue weighted by Gasteiger charge is 2.13. The van der Waals surface area contributed by atoms with Crippen LogP contribution < -0.4 is 16.0 Å². The minimum Gasteiger partial charge on any atom is -0.421 e. The third-order valence-corrected chi connectivity index (χ3v) is 4.35. The second kappa shape index (κ2) is 9.14. The Morgan fingerprint density at radius 1 is 1.11 bits per heavy atom. The third kappa shape index (κ3) is 5.40. The molecule has 2 heterocycles. The zero-order valence-corrected chi connectivity index (χ0v) is 16.4. The normalized spacial score (nSPS) is 10.7. The number of hydrogen-bond donors (Lipinski definition) is 3. The number of aromatic nitrogens is 2. The number of carbonyl (C=O) groups is 2. The molecule has 0 saturated carbocycles. The van der Waals surface area contributed by atoms with E-state index < -0.39 is 0 Å². The monoisotopic (exact) mass is 399 g/mol. The molecule has 0 aliphatic heterocycles. The van der Waals surface area contributed by atoms with Crippen molar-refractivity contribution in [1.29, 1.82) is 0 Å². The quantitative estimate of drug-likeness (QED) is 0.558. The molecule has 2 aromatic heterocycles. The van der Waals surface area contributed by atoms with Gasteiger partial charge in [-0.1, -0.05) is 12.1 Å². The van der Waals surface area contributed by atoms with Crippen molar-refractivity contribution in [3.05, 3.63) is 47.0 Å². The summed E-state index contributed by atoms with van der Waals surface area (Å²) in [6.45, 7) is 3.74. The largest absolute Gasteiger partial charge is 0.421 e. The maximum absolute atomic E-state index is 12.3. The first-order valence-corrected chi connectivity index (χ1v) is 9.77. The fraction of sp³-hybridized carbons (Fsp3) is 0.263. The van der Waals surface area contributed by atoms with Gasteiger partial charge < -0.3 is 20.4 Å². The first kappa shape index (κ1) is 19.6. The Bertz CT molecular complexity index is 937. The van der Waals surface area contributed by atoms with E-state index in [2.05, 4.69) is 26.1 Å². The lowest BCUT2D eigenvalue weighted by Crippen LogP contribution is -2.34. The van der Waals surface area contributed by atoms with Gasteiger partial charge in [-0.15, -0.1) is 10.2 Å². The van der Waals surface area contributed by atoms with Crippen LogP contribution in [0.3, 0.4) is 0 Å². The molecule has 0 saturated heterocycles. The smallest absolute Gasteiger partial charge is 0.319 e. The zero-order chi connectivity index (χ0) is 19.9. The predicted octanol–water partition coefficient (Wildman–Crippen LogP) is 3.90. The van der Waals surface area contributed by atoms with Crippen molar-refractivity contribution in [2.24, 2.45) is 0 Å². The molecule has 3 N–H and O–H groups in total. The molecule has 3 aromatic rings. The highest BCUT2D eigenvalue weighted by Crippen LogP contribution is 2.22. The van der Waals surface area contributed by atoms with E-state index in [0.29, 0.717) is 29.6 Å². The summed E-state index contributed by atoms with van der Waals surface area (Å²) in [5.41, 5.74) is 1.91. The Labute approximate surface area is 166 Å². The van der Waals surface area contributed by atoms with Crippen LogP contribution in [0.4, 0.5) is 16.2 Å². The maximum atomic E-state index is 12.3. The molecule has 9 heteroatoms. The van der Waals surface area contributed by atoms with E-state index in [1.165, 1.54) is 0 Å². The van der Waals surface area contributed by atoms with Gasteiger partial charge in [-0.2, -0.15) is 11.3 Å². The Balaban J connectivity index is 1.56. The van der Waals surface area contributed by atoms with Crippen LogP contribution in [0.15, 0.2) is 45.5 Å². The van der Waals surface area contributed by atoms with Crippen LogP contribution in [0.1, 0.15) is 26.2 Å². The fourth-order valence-corrected chi connectivity index (χ4v) is 3.04. The predicted molar refractivity (Wildman–Crippen MR) is 108 cm³/mol. The Morgan fingerprint density at radius 3 is 2.54 bits per heavy atom. The molecule has 0 aliphatic carbocycles. The number of anilines is 2. The molecular formula is C19H21N5O3S. The highest BCUT2D eigenvalue weighted by molar-refractivity contribution is 7.08. The fourth-order valence-electron chi connectivity index (χ4n) is 2.41. The molecule has 146 valence electrons. The second-order valence-electron chi connectivity index (χ2n) is 6.36. The van der Waals surface area contributed by atoms with E-state index in [4.69, 9.17) is 4.42 Å². The molecular weight excluding hydrogens is 378 g/mol. The molecule has 8 nitrogen and oxygen atoms in total. The van der Waals surface area contributed by atoms with Crippen molar-refractivity contribution in [1.82, 2.24) is 15.5 Å². The van der Waals surface area contributed by atoms with Crippen molar-refractivity contribution in [2.75, 3.05) is 10.6 Å². The standard InChI is InChI=1S/C19H21N5O3S/c1-12(2)20-19(26)22-15-6-4-3-5-14(15)21-16(25)7-8-17-23-24-18(27-17)13-9-10-28-11-13/h3-6,9-12H,7-8H2,1-2H3,(H,21,25)(H2,20,22,26). The number of urea groups is 1. The van der Waals surface area contributed by atoms with Gasteiger partial charge in [-0.05, 0) is 37.4 Å². The van der Waals surface area contributed by atoms with E-state index in [9.17, 15) is 9.59 Å². The summed E-state index contributed by atoms with van der Waals surface area (Å²) in [4.78, 5) is 24.2. The summed E-state index contributed by atoms with van der Waals surface area (Å²) in [6, 6.07) is 8.59. The van der Waals surface area contributed by atoms with Crippen LogP contribution in [0, 0.1) is 0 Å². The number of nitrogens with zero attached hydrogens (tertiary/aromatic N) is 2. The summed E-state index contributed by atoms with van der Waals surface area (Å²) >= 11 is 1.55. The average molecular weight is 399 g/mol. The molecule has 0 atom stereocenters. The Hall–Kier alpha value is -3.20. The lowest BCUT2D eigenvalue weighted by molar-refractivity contribution is -0.116. The van der Waals surface area contributed by atoms with Crippen LogP contribution in [0.25, 0.3) is 11.5 Å². The van der Waals surface area contributed by atoms with E-state index in [-0.39, 0.29) is 24.4 Å². The van der Waals surface area contributed by atoms with E-state index in [0.717, 1.165) is 5.56 Å². The third-order valence-electron chi connectivity index (χ3n) is 3.67. The molecule has 1 aromatic carbocycles. The van der Waals surface area contributed by atoms with Crippen molar-refractivity contribution in [3.8, 4) is 11.5 Å². The van der Waals surface area contributed by atoms with Gasteiger partial charge in [0.05, 0.1) is 11.4 Å². The van der Waals surface area contributed by atoms with Gasteiger partial charge in [-0.25, -0.2) is 4.79 Å². The number of aryl methyl sites for hydroxylation is 1. The molecule has 3 amide bonds. The molecule has 0 unspecified atom stereocenters. The van der Waals surface area contributed by atoms with E-state index in [1.807, 2.05) is 30.7 Å². The van der Waals surface area contributed by atoms with Gasteiger partial charge in [0.1, 0.15) is 0 Å². The lowest BCUT2D eigenvalue weighted by atomic mass is 10.2. The van der Waals surface area contributed by atoms with Crippen molar-refractivity contribution >= 4 is 34.6 Å². The zero-order valence-electron chi connectivity index (χ0n) is 15.6. The van der Waals surface area contributed by atoms with E-state index in [1.54, 1.807) is 35.6 Å². The number of para-hydroxylation sites is 2. The number of benzene rings is 1.